The van der Waals surface area contributed by atoms with E-state index in [1.165, 1.54) is 17.4 Å². The quantitative estimate of drug-likeness (QED) is 0.734. The molecule has 0 fully saturated rings. The van der Waals surface area contributed by atoms with E-state index in [9.17, 15) is 9.59 Å². The largest absolute Gasteiger partial charge is 0.320 e. The van der Waals surface area contributed by atoms with E-state index >= 15 is 0 Å². The van der Waals surface area contributed by atoms with Gasteiger partial charge in [0, 0.05) is 12.3 Å². The summed E-state index contributed by atoms with van der Waals surface area (Å²) in [6, 6.07) is 16.4. The summed E-state index contributed by atoms with van der Waals surface area (Å²) in [5.74, 6) is -0.189. The van der Waals surface area contributed by atoms with Gasteiger partial charge in [-0.15, -0.1) is 11.3 Å². The standard InChI is InChI=1S/C17H13BrN2O2S/c18-15-8-7-14(23-15)17(22)19-13-6-9-16(21)20(11-13)10-12-4-2-1-3-5-12/h1-9,11H,10H2,(H,19,22). The van der Waals surface area contributed by atoms with E-state index in [0.717, 1.165) is 9.35 Å². The molecular weight excluding hydrogens is 376 g/mol. The van der Waals surface area contributed by atoms with Crippen molar-refractivity contribution in [2.24, 2.45) is 0 Å². The van der Waals surface area contributed by atoms with E-state index < -0.39 is 0 Å². The lowest BCUT2D eigenvalue weighted by atomic mass is 10.2. The van der Waals surface area contributed by atoms with Gasteiger partial charge in [0.05, 0.1) is 20.9 Å². The third kappa shape index (κ3) is 3.97. The number of hydrogen-bond donors (Lipinski definition) is 1. The minimum atomic E-state index is -0.189. The van der Waals surface area contributed by atoms with Gasteiger partial charge < -0.3 is 9.88 Å². The van der Waals surface area contributed by atoms with Crippen LogP contribution >= 0.6 is 27.3 Å². The minimum Gasteiger partial charge on any atom is -0.320 e. The number of thiophene rings is 1. The number of carbonyl (C=O) groups is 1. The molecule has 0 saturated carbocycles. The molecule has 2 aromatic heterocycles. The molecule has 0 radical (unpaired) electrons. The van der Waals surface area contributed by atoms with Crippen LogP contribution in [0, 0.1) is 0 Å². The molecule has 1 N–H and O–H groups in total. The molecule has 23 heavy (non-hydrogen) atoms. The second kappa shape index (κ2) is 6.93. The van der Waals surface area contributed by atoms with Crippen molar-refractivity contribution >= 4 is 38.9 Å². The second-order valence-electron chi connectivity index (χ2n) is 4.93. The van der Waals surface area contributed by atoms with E-state index in [1.54, 1.807) is 22.9 Å². The molecule has 1 aromatic carbocycles. The van der Waals surface area contributed by atoms with Gasteiger partial charge in [-0.3, -0.25) is 9.59 Å². The van der Waals surface area contributed by atoms with Crippen LogP contribution in [-0.4, -0.2) is 10.5 Å². The fourth-order valence-corrected chi connectivity index (χ4v) is 3.42. The molecule has 0 unspecified atom stereocenters. The van der Waals surface area contributed by atoms with Crippen molar-refractivity contribution in [3.63, 3.8) is 0 Å². The zero-order chi connectivity index (χ0) is 16.2. The summed E-state index contributed by atoms with van der Waals surface area (Å²) in [6.45, 7) is 0.466. The van der Waals surface area contributed by atoms with Crippen LogP contribution in [0.5, 0.6) is 0 Å². The molecule has 4 nitrogen and oxygen atoms in total. The number of hydrogen-bond acceptors (Lipinski definition) is 3. The van der Waals surface area contributed by atoms with Crippen molar-refractivity contribution in [2.45, 2.75) is 6.54 Å². The van der Waals surface area contributed by atoms with Crippen LogP contribution in [0.15, 0.2) is 69.4 Å². The molecule has 0 aliphatic carbocycles. The maximum atomic E-state index is 12.2. The summed E-state index contributed by atoms with van der Waals surface area (Å²) >= 11 is 4.70. The maximum absolute atomic E-state index is 12.2. The van der Waals surface area contributed by atoms with E-state index in [0.29, 0.717) is 17.1 Å². The lowest BCUT2D eigenvalue weighted by Crippen LogP contribution is -2.20. The average Bonchev–Trinajstić information content (AvgIpc) is 2.98. The number of nitrogens with one attached hydrogen (secondary N) is 1. The first-order valence-corrected chi connectivity index (χ1v) is 8.54. The summed E-state index contributed by atoms with van der Waals surface area (Å²) in [4.78, 5) is 24.8. The number of pyridine rings is 1. The number of nitrogens with zero attached hydrogens (tertiary/aromatic N) is 1. The Labute approximate surface area is 145 Å². The van der Waals surface area contributed by atoms with Gasteiger partial charge in [-0.05, 0) is 39.7 Å². The minimum absolute atomic E-state index is 0.106. The Morgan fingerprint density at radius 3 is 2.57 bits per heavy atom. The second-order valence-corrected chi connectivity index (χ2v) is 7.39. The van der Waals surface area contributed by atoms with E-state index in [4.69, 9.17) is 0 Å². The fraction of sp³-hybridized carbons (Fsp3) is 0.0588. The van der Waals surface area contributed by atoms with Gasteiger partial charge in [0.25, 0.3) is 11.5 Å². The van der Waals surface area contributed by atoms with Gasteiger partial charge in [0.1, 0.15) is 0 Å². The molecule has 116 valence electrons. The van der Waals surface area contributed by atoms with Gasteiger partial charge >= 0.3 is 0 Å². The normalized spacial score (nSPS) is 10.5. The number of halogens is 1. The third-order valence-electron chi connectivity index (χ3n) is 3.23. The number of anilines is 1. The molecule has 6 heteroatoms. The summed E-state index contributed by atoms with van der Waals surface area (Å²) in [6.07, 6.45) is 1.66. The molecule has 1 amide bonds. The van der Waals surface area contributed by atoms with Gasteiger partial charge in [-0.25, -0.2) is 0 Å². The van der Waals surface area contributed by atoms with Gasteiger partial charge in [-0.2, -0.15) is 0 Å². The Hall–Kier alpha value is -2.18. The van der Waals surface area contributed by atoms with Gasteiger partial charge in [0.2, 0.25) is 0 Å². The molecule has 3 rings (SSSR count). The van der Waals surface area contributed by atoms with Crippen molar-refractivity contribution in [3.8, 4) is 0 Å². The summed E-state index contributed by atoms with van der Waals surface area (Å²) in [5, 5.41) is 2.82. The first kappa shape index (κ1) is 15.7. The molecule has 0 saturated heterocycles. The smallest absolute Gasteiger partial charge is 0.265 e. The van der Waals surface area contributed by atoms with Gasteiger partial charge in [-0.1, -0.05) is 30.3 Å². The summed E-state index contributed by atoms with van der Waals surface area (Å²) in [5.41, 5.74) is 1.51. The first-order valence-electron chi connectivity index (χ1n) is 6.93. The number of rotatable bonds is 4. The van der Waals surface area contributed by atoms with Crippen molar-refractivity contribution in [3.05, 3.63) is 85.4 Å². The molecule has 0 bridgehead atoms. The number of amides is 1. The molecule has 0 spiro atoms. The highest BCUT2D eigenvalue weighted by atomic mass is 79.9. The monoisotopic (exact) mass is 388 g/mol. The zero-order valence-corrected chi connectivity index (χ0v) is 14.4. The lowest BCUT2D eigenvalue weighted by Gasteiger charge is -2.09. The van der Waals surface area contributed by atoms with Crippen LogP contribution in [0.4, 0.5) is 5.69 Å². The SMILES string of the molecule is O=C(Nc1ccc(=O)n(Cc2ccccc2)c1)c1ccc(Br)s1. The van der Waals surface area contributed by atoms with Crippen LogP contribution < -0.4 is 10.9 Å². The predicted molar refractivity (Wildman–Crippen MR) is 96.2 cm³/mol. The van der Waals surface area contributed by atoms with Crippen LogP contribution in [0.25, 0.3) is 0 Å². The topological polar surface area (TPSA) is 51.1 Å². The van der Waals surface area contributed by atoms with Crippen LogP contribution in [0.3, 0.4) is 0 Å². The molecule has 0 aliphatic rings. The van der Waals surface area contributed by atoms with E-state index in [2.05, 4.69) is 21.2 Å². The zero-order valence-electron chi connectivity index (χ0n) is 12.0. The first-order chi connectivity index (χ1) is 11.1. The molecule has 3 aromatic rings. The highest BCUT2D eigenvalue weighted by Crippen LogP contribution is 2.22. The van der Waals surface area contributed by atoms with E-state index in [1.807, 2.05) is 36.4 Å². The number of benzene rings is 1. The van der Waals surface area contributed by atoms with E-state index in [-0.39, 0.29) is 11.5 Å². The van der Waals surface area contributed by atoms with Crippen LogP contribution in [0.1, 0.15) is 15.2 Å². The highest BCUT2D eigenvalue weighted by molar-refractivity contribution is 9.11. The average molecular weight is 389 g/mol. The Kier molecular flexibility index (Phi) is 4.73. The lowest BCUT2D eigenvalue weighted by molar-refractivity contribution is 0.103. The van der Waals surface area contributed by atoms with Crippen molar-refractivity contribution in [1.82, 2.24) is 4.57 Å². The third-order valence-corrected chi connectivity index (χ3v) is 4.86. The van der Waals surface area contributed by atoms with Crippen LogP contribution in [-0.2, 0) is 6.54 Å². The number of carbonyl (C=O) groups excluding carboxylic acids is 1. The fourth-order valence-electron chi connectivity index (χ4n) is 2.14. The van der Waals surface area contributed by atoms with Crippen molar-refractivity contribution in [1.29, 1.82) is 0 Å². The Morgan fingerprint density at radius 1 is 1.09 bits per heavy atom. The summed E-state index contributed by atoms with van der Waals surface area (Å²) < 4.78 is 2.48. The highest BCUT2D eigenvalue weighted by Gasteiger charge is 2.09. The molecular formula is C17H13BrN2O2S. The molecule has 0 aliphatic heterocycles. The molecule has 2 heterocycles. The predicted octanol–water partition coefficient (Wildman–Crippen LogP) is 3.97. The number of aromatic nitrogens is 1. The van der Waals surface area contributed by atoms with Crippen LogP contribution in [0.2, 0.25) is 0 Å². The Balaban J connectivity index is 1.80. The van der Waals surface area contributed by atoms with Gasteiger partial charge in [0.15, 0.2) is 0 Å². The van der Waals surface area contributed by atoms with Crippen molar-refractivity contribution < 1.29 is 4.79 Å². The Morgan fingerprint density at radius 2 is 1.87 bits per heavy atom. The summed E-state index contributed by atoms with van der Waals surface area (Å²) in [7, 11) is 0. The molecule has 0 atom stereocenters. The van der Waals surface area contributed by atoms with Crippen molar-refractivity contribution in [2.75, 3.05) is 5.32 Å². The maximum Gasteiger partial charge on any atom is 0.265 e. The Bertz CT molecular complexity index is 887.